The molecule has 0 bridgehead atoms. The second-order valence-corrected chi connectivity index (χ2v) is 10.0. The van der Waals surface area contributed by atoms with Crippen LogP contribution in [0.15, 0.2) is 0 Å². The summed E-state index contributed by atoms with van der Waals surface area (Å²) >= 11 is 0. The Morgan fingerprint density at radius 2 is 1.18 bits per heavy atom. The molecule has 0 aliphatic rings. The molecule has 230 valence electrons. The summed E-state index contributed by atoms with van der Waals surface area (Å²) in [4.78, 5) is 73.5. The molecular weight excluding hydrogens is 532 g/mol. The first-order chi connectivity index (χ1) is 18.5. The lowest BCUT2D eigenvalue weighted by molar-refractivity contribution is -0.143. The van der Waals surface area contributed by atoms with Gasteiger partial charge in [0.2, 0.25) is 23.6 Å². The molecule has 0 unspecified atom stereocenters. The fourth-order valence-corrected chi connectivity index (χ4v) is 3.58. The monoisotopic (exact) mass is 576 g/mol. The summed E-state index contributed by atoms with van der Waals surface area (Å²) < 4.78 is 0. The number of unbranched alkanes of at least 4 members (excludes halogenated alkanes) is 1. The molecule has 12 N–H and O–H groups in total. The topological polar surface area (TPSA) is 284 Å². The molecule has 0 aliphatic carbocycles. The summed E-state index contributed by atoms with van der Waals surface area (Å²) in [7, 11) is 0. The van der Waals surface area contributed by atoms with Gasteiger partial charge in [-0.15, -0.1) is 0 Å². The zero-order chi connectivity index (χ0) is 31.2. The number of carboxylic acids is 2. The van der Waals surface area contributed by atoms with E-state index in [1.807, 2.05) is 0 Å². The highest BCUT2D eigenvalue weighted by molar-refractivity contribution is 5.96. The number of hydrogen-bond donors (Lipinski definition) is 10. The van der Waals surface area contributed by atoms with Gasteiger partial charge in [-0.3, -0.25) is 24.0 Å². The van der Waals surface area contributed by atoms with Gasteiger partial charge in [0.25, 0.3) is 0 Å². The molecule has 0 radical (unpaired) electrons. The highest BCUT2D eigenvalue weighted by atomic mass is 16.4. The normalized spacial score (nSPS) is 16.4. The Morgan fingerprint density at radius 1 is 0.700 bits per heavy atom. The number of carbonyl (C=O) groups excluding carboxylic acids is 4. The molecule has 0 fully saturated rings. The van der Waals surface area contributed by atoms with Gasteiger partial charge >= 0.3 is 11.9 Å². The molecule has 0 saturated heterocycles. The molecule has 16 heteroatoms. The maximum atomic E-state index is 13.1. The van der Waals surface area contributed by atoms with Crippen LogP contribution >= 0.6 is 0 Å². The number of aliphatic carboxylic acids is 2. The van der Waals surface area contributed by atoms with Crippen molar-refractivity contribution in [2.24, 2.45) is 17.4 Å². The van der Waals surface area contributed by atoms with Gasteiger partial charge in [-0.05, 0) is 52.0 Å². The fourth-order valence-electron chi connectivity index (χ4n) is 3.58. The molecule has 0 aliphatic heterocycles. The highest BCUT2D eigenvalue weighted by Gasteiger charge is 2.34. The lowest BCUT2D eigenvalue weighted by Crippen LogP contribution is -2.61. The van der Waals surface area contributed by atoms with Gasteiger partial charge in [0.1, 0.15) is 24.2 Å². The number of carbonyl (C=O) groups is 6. The van der Waals surface area contributed by atoms with Crippen molar-refractivity contribution in [3.63, 3.8) is 0 Å². The largest absolute Gasteiger partial charge is 0.481 e. The average molecular weight is 577 g/mol. The minimum atomic E-state index is -1.61. The van der Waals surface area contributed by atoms with E-state index in [0.717, 1.165) is 0 Å². The summed E-state index contributed by atoms with van der Waals surface area (Å²) in [5.41, 5.74) is 11.0. The van der Waals surface area contributed by atoms with Crippen molar-refractivity contribution < 1.29 is 49.2 Å². The predicted octanol–water partition coefficient (Wildman–Crippen LogP) is -3.25. The van der Waals surface area contributed by atoms with Gasteiger partial charge in [0.05, 0.1) is 24.7 Å². The lowest BCUT2D eigenvalue weighted by atomic mass is 10.0. The van der Waals surface area contributed by atoms with E-state index >= 15 is 0 Å². The Hall–Kier alpha value is -3.34. The zero-order valence-corrected chi connectivity index (χ0v) is 23.3. The number of rotatable bonds is 19. The van der Waals surface area contributed by atoms with E-state index in [-0.39, 0.29) is 25.3 Å². The molecular formula is C24H44N6O10. The minimum absolute atomic E-state index is 0.0209. The second kappa shape index (κ2) is 18.1. The SMILES string of the molecule is CC(C)C[C@H](NC(=O)[C@@H](NC(=O)[C@H](CCCCN)NC(=O)[C@@H](NC(=O)[C@@H](N)CC(=O)O)[C@@H](C)O)[C@@H](C)O)C(=O)O. The molecule has 7 atom stereocenters. The summed E-state index contributed by atoms with van der Waals surface area (Å²) in [6, 6.07) is -7.28. The molecule has 16 nitrogen and oxygen atoms in total. The van der Waals surface area contributed by atoms with Gasteiger partial charge in [-0.1, -0.05) is 13.8 Å². The first-order valence-electron chi connectivity index (χ1n) is 13.0. The maximum absolute atomic E-state index is 13.1. The van der Waals surface area contributed by atoms with Crippen molar-refractivity contribution in [1.82, 2.24) is 21.3 Å². The van der Waals surface area contributed by atoms with E-state index in [4.69, 9.17) is 16.6 Å². The van der Waals surface area contributed by atoms with Crippen molar-refractivity contribution in [2.45, 2.75) is 102 Å². The van der Waals surface area contributed by atoms with E-state index in [0.29, 0.717) is 12.8 Å². The molecule has 0 aromatic rings. The van der Waals surface area contributed by atoms with Crippen LogP contribution in [-0.4, -0.2) is 105 Å². The quantitative estimate of drug-likeness (QED) is 0.0678. The Kier molecular flexibility index (Phi) is 16.6. The van der Waals surface area contributed by atoms with E-state index in [9.17, 15) is 44.1 Å². The van der Waals surface area contributed by atoms with Gasteiger partial charge < -0.3 is 53.2 Å². The highest BCUT2D eigenvalue weighted by Crippen LogP contribution is 2.08. The number of carboxylic acid groups (broad SMARTS) is 2. The number of hydrogen-bond acceptors (Lipinski definition) is 10. The number of aliphatic hydroxyl groups excluding tert-OH is 2. The molecule has 4 amide bonds. The van der Waals surface area contributed by atoms with Crippen LogP contribution in [0, 0.1) is 5.92 Å². The smallest absolute Gasteiger partial charge is 0.326 e. The summed E-state index contributed by atoms with van der Waals surface area (Å²) in [5, 5.41) is 47.6. The molecule has 40 heavy (non-hydrogen) atoms. The third-order valence-corrected chi connectivity index (χ3v) is 5.76. The van der Waals surface area contributed by atoms with E-state index in [1.165, 1.54) is 13.8 Å². The number of aliphatic hydroxyl groups is 2. The van der Waals surface area contributed by atoms with Crippen LogP contribution in [-0.2, 0) is 28.8 Å². The van der Waals surface area contributed by atoms with E-state index in [2.05, 4.69) is 21.3 Å². The Bertz CT molecular complexity index is 882. The molecule has 0 saturated carbocycles. The van der Waals surface area contributed by atoms with Crippen molar-refractivity contribution >= 4 is 35.6 Å². The molecule has 0 heterocycles. The Balaban J connectivity index is 5.76. The number of amides is 4. The zero-order valence-electron chi connectivity index (χ0n) is 23.3. The first kappa shape index (κ1) is 36.7. The van der Waals surface area contributed by atoms with Gasteiger partial charge in [-0.25, -0.2) is 4.79 Å². The molecule has 0 spiro atoms. The molecule has 0 rings (SSSR count). The first-order valence-corrected chi connectivity index (χ1v) is 13.0. The third-order valence-electron chi connectivity index (χ3n) is 5.76. The second-order valence-electron chi connectivity index (χ2n) is 10.0. The van der Waals surface area contributed by atoms with Crippen LogP contribution in [0.3, 0.4) is 0 Å². The number of nitrogens with two attached hydrogens (primary N) is 2. The summed E-state index contributed by atoms with van der Waals surface area (Å²) in [6.07, 6.45) is -2.71. The van der Waals surface area contributed by atoms with Crippen molar-refractivity contribution in [2.75, 3.05) is 6.54 Å². The van der Waals surface area contributed by atoms with E-state index < -0.39 is 84.4 Å². The van der Waals surface area contributed by atoms with Gasteiger partial charge in [-0.2, -0.15) is 0 Å². The number of nitrogens with one attached hydrogen (secondary N) is 4. The van der Waals surface area contributed by atoms with Crippen molar-refractivity contribution in [3.8, 4) is 0 Å². The molecule has 0 aromatic heterocycles. The van der Waals surface area contributed by atoms with Crippen molar-refractivity contribution in [1.29, 1.82) is 0 Å². The summed E-state index contributed by atoms with van der Waals surface area (Å²) in [5.74, 6) is -6.60. The van der Waals surface area contributed by atoms with Crippen molar-refractivity contribution in [3.05, 3.63) is 0 Å². The van der Waals surface area contributed by atoms with Crippen LogP contribution in [0.2, 0.25) is 0 Å². The van der Waals surface area contributed by atoms with E-state index in [1.54, 1.807) is 13.8 Å². The van der Waals surface area contributed by atoms with Crippen LogP contribution in [0.4, 0.5) is 0 Å². The van der Waals surface area contributed by atoms with Crippen LogP contribution < -0.4 is 32.7 Å². The average Bonchev–Trinajstić information content (AvgIpc) is 2.82. The Labute approximate surface area is 232 Å². The predicted molar refractivity (Wildman–Crippen MR) is 141 cm³/mol. The minimum Gasteiger partial charge on any atom is -0.481 e. The van der Waals surface area contributed by atoms with Gasteiger partial charge in [0, 0.05) is 0 Å². The third kappa shape index (κ3) is 13.6. The lowest BCUT2D eigenvalue weighted by Gasteiger charge is -2.28. The summed E-state index contributed by atoms with van der Waals surface area (Å²) in [6.45, 7) is 6.19. The van der Waals surface area contributed by atoms with Crippen LogP contribution in [0.1, 0.15) is 59.8 Å². The van der Waals surface area contributed by atoms with Gasteiger partial charge in [0.15, 0.2) is 0 Å². The maximum Gasteiger partial charge on any atom is 0.326 e. The Morgan fingerprint density at radius 3 is 1.57 bits per heavy atom. The molecule has 0 aromatic carbocycles. The fraction of sp³-hybridized carbons (Fsp3) is 0.750. The van der Waals surface area contributed by atoms with Crippen LogP contribution in [0.5, 0.6) is 0 Å². The standard InChI is InChI=1S/C24H44N6O10/c1-11(2)9-16(24(39)40)28-23(38)19(13(4)32)30-21(36)15(7-5-6-8-25)27-22(37)18(12(3)31)29-20(35)14(26)10-17(33)34/h11-16,18-19,31-32H,5-10,25-26H2,1-4H3,(H,27,37)(H,28,38)(H,29,35)(H,30,36)(H,33,34)(H,39,40)/t12-,13-,14+,15+,16+,18+,19+/m1/s1. The van der Waals surface area contributed by atoms with Crippen LogP contribution in [0.25, 0.3) is 0 Å².